The highest BCUT2D eigenvalue weighted by Gasteiger charge is 2.17. The molecule has 0 heterocycles. The van der Waals surface area contributed by atoms with Crippen molar-refractivity contribution in [1.29, 1.82) is 0 Å². The highest BCUT2D eigenvalue weighted by atomic mass is 19.1. The van der Waals surface area contributed by atoms with E-state index in [0.29, 0.717) is 5.56 Å². The summed E-state index contributed by atoms with van der Waals surface area (Å²) >= 11 is 0. The summed E-state index contributed by atoms with van der Waals surface area (Å²) in [7, 11) is 0. The van der Waals surface area contributed by atoms with Gasteiger partial charge in [-0.05, 0) is 55.0 Å². The fourth-order valence-corrected chi connectivity index (χ4v) is 2.82. The molecule has 0 fully saturated rings. The number of rotatable bonds is 2. The molecule has 0 spiro atoms. The average Bonchev–Trinajstić information content (AvgIpc) is 2.45. The van der Waals surface area contributed by atoms with Crippen LogP contribution in [-0.4, -0.2) is 5.91 Å². The van der Waals surface area contributed by atoms with Crippen LogP contribution in [0.25, 0.3) is 0 Å². The third-order valence-electron chi connectivity index (χ3n) is 3.76. The molecular formula is C17H15F2NO. The minimum absolute atomic E-state index is 0.130. The molecular weight excluding hydrogens is 272 g/mol. The molecule has 0 saturated carbocycles. The Hall–Kier alpha value is -2.23. The van der Waals surface area contributed by atoms with E-state index in [0.717, 1.165) is 49.4 Å². The van der Waals surface area contributed by atoms with E-state index in [-0.39, 0.29) is 11.6 Å². The van der Waals surface area contributed by atoms with Gasteiger partial charge in [0.15, 0.2) is 0 Å². The van der Waals surface area contributed by atoms with Gasteiger partial charge in [-0.1, -0.05) is 12.1 Å². The van der Waals surface area contributed by atoms with Crippen LogP contribution in [0.4, 0.5) is 14.5 Å². The molecule has 0 bridgehead atoms. The van der Waals surface area contributed by atoms with Crippen LogP contribution in [0.2, 0.25) is 0 Å². The fourth-order valence-electron chi connectivity index (χ4n) is 2.82. The predicted molar refractivity (Wildman–Crippen MR) is 77.4 cm³/mol. The Morgan fingerprint density at radius 2 is 1.71 bits per heavy atom. The van der Waals surface area contributed by atoms with Crippen LogP contribution in [0.3, 0.4) is 0 Å². The summed E-state index contributed by atoms with van der Waals surface area (Å²) in [5.74, 6) is -1.74. The van der Waals surface area contributed by atoms with E-state index in [2.05, 4.69) is 5.32 Å². The van der Waals surface area contributed by atoms with Crippen molar-refractivity contribution in [3.05, 3.63) is 64.7 Å². The van der Waals surface area contributed by atoms with Crippen molar-refractivity contribution in [2.75, 3.05) is 5.32 Å². The largest absolute Gasteiger partial charge is 0.322 e. The van der Waals surface area contributed by atoms with Crippen LogP contribution in [0.5, 0.6) is 0 Å². The molecule has 3 rings (SSSR count). The highest BCUT2D eigenvalue weighted by molar-refractivity contribution is 6.05. The van der Waals surface area contributed by atoms with Gasteiger partial charge >= 0.3 is 0 Å². The number of hydrogen-bond acceptors (Lipinski definition) is 1. The summed E-state index contributed by atoms with van der Waals surface area (Å²) in [6.07, 6.45) is 4.04. The van der Waals surface area contributed by atoms with Crippen LogP contribution in [-0.2, 0) is 12.8 Å². The van der Waals surface area contributed by atoms with E-state index in [4.69, 9.17) is 0 Å². The molecule has 2 nitrogen and oxygen atoms in total. The molecule has 0 aromatic heterocycles. The number of carbonyl (C=O) groups excluding carboxylic acids is 1. The SMILES string of the molecule is O=C(Nc1cc(F)cc(F)c1)c1cccc2c1CCCC2. The van der Waals surface area contributed by atoms with Crippen molar-refractivity contribution in [2.45, 2.75) is 25.7 Å². The van der Waals surface area contributed by atoms with Gasteiger partial charge in [0.2, 0.25) is 0 Å². The number of fused-ring (bicyclic) bond motifs is 1. The first-order chi connectivity index (χ1) is 10.1. The molecule has 4 heteroatoms. The van der Waals surface area contributed by atoms with Gasteiger partial charge < -0.3 is 5.32 Å². The predicted octanol–water partition coefficient (Wildman–Crippen LogP) is 4.10. The molecule has 2 aromatic rings. The van der Waals surface area contributed by atoms with Crippen LogP contribution < -0.4 is 5.32 Å². The van der Waals surface area contributed by atoms with Gasteiger partial charge in [0.25, 0.3) is 5.91 Å². The van der Waals surface area contributed by atoms with Crippen molar-refractivity contribution in [3.63, 3.8) is 0 Å². The Kier molecular flexibility index (Phi) is 3.69. The van der Waals surface area contributed by atoms with Crippen molar-refractivity contribution in [3.8, 4) is 0 Å². The molecule has 0 aliphatic heterocycles. The van der Waals surface area contributed by atoms with Gasteiger partial charge in [-0.25, -0.2) is 8.78 Å². The lowest BCUT2D eigenvalue weighted by Crippen LogP contribution is -2.17. The van der Waals surface area contributed by atoms with Gasteiger partial charge in [0.1, 0.15) is 11.6 Å². The second-order valence-electron chi connectivity index (χ2n) is 5.26. The minimum Gasteiger partial charge on any atom is -0.322 e. The molecule has 1 aliphatic rings. The zero-order chi connectivity index (χ0) is 14.8. The Balaban J connectivity index is 1.89. The van der Waals surface area contributed by atoms with Crippen molar-refractivity contribution >= 4 is 11.6 Å². The first-order valence-electron chi connectivity index (χ1n) is 7.02. The normalized spacial score (nSPS) is 13.6. The first-order valence-corrected chi connectivity index (χ1v) is 7.02. The maximum Gasteiger partial charge on any atom is 0.255 e. The van der Waals surface area contributed by atoms with Crippen LogP contribution in [0.15, 0.2) is 36.4 Å². The maximum absolute atomic E-state index is 13.2. The number of hydrogen-bond donors (Lipinski definition) is 1. The highest BCUT2D eigenvalue weighted by Crippen LogP contribution is 2.25. The molecule has 0 radical (unpaired) electrons. The van der Waals surface area contributed by atoms with Crippen molar-refractivity contribution < 1.29 is 13.6 Å². The summed E-state index contributed by atoms with van der Waals surface area (Å²) in [5, 5.41) is 2.57. The summed E-state index contributed by atoms with van der Waals surface area (Å²) in [5.41, 5.74) is 2.97. The van der Waals surface area contributed by atoms with Crippen molar-refractivity contribution in [2.24, 2.45) is 0 Å². The Morgan fingerprint density at radius 3 is 2.48 bits per heavy atom. The lowest BCUT2D eigenvalue weighted by Gasteiger charge is -2.18. The Bertz CT molecular complexity index is 677. The molecule has 1 N–H and O–H groups in total. The molecule has 0 unspecified atom stereocenters. The van der Waals surface area contributed by atoms with Gasteiger partial charge in [0, 0.05) is 17.3 Å². The molecule has 2 aromatic carbocycles. The summed E-state index contributed by atoms with van der Waals surface area (Å²) in [4.78, 5) is 12.4. The van der Waals surface area contributed by atoms with Crippen LogP contribution in [0.1, 0.15) is 34.3 Å². The standard InChI is InChI=1S/C17H15F2NO/c18-12-8-13(19)10-14(9-12)20-17(21)16-7-3-5-11-4-1-2-6-15(11)16/h3,5,7-10H,1-2,4,6H2,(H,20,21). The second-order valence-corrected chi connectivity index (χ2v) is 5.26. The minimum atomic E-state index is -0.708. The number of benzene rings is 2. The maximum atomic E-state index is 13.2. The van der Waals surface area contributed by atoms with Crippen molar-refractivity contribution in [1.82, 2.24) is 0 Å². The lowest BCUT2D eigenvalue weighted by molar-refractivity contribution is 0.102. The third-order valence-corrected chi connectivity index (χ3v) is 3.76. The fraction of sp³-hybridized carbons (Fsp3) is 0.235. The molecule has 0 atom stereocenters. The first kappa shape index (κ1) is 13.7. The van der Waals surface area contributed by atoms with E-state index in [9.17, 15) is 13.6 Å². The number of carbonyl (C=O) groups is 1. The quantitative estimate of drug-likeness (QED) is 0.885. The number of halogens is 2. The zero-order valence-corrected chi connectivity index (χ0v) is 11.5. The number of nitrogens with one attached hydrogen (secondary N) is 1. The topological polar surface area (TPSA) is 29.1 Å². The van der Waals surface area contributed by atoms with E-state index >= 15 is 0 Å². The molecule has 108 valence electrons. The van der Waals surface area contributed by atoms with E-state index in [1.807, 2.05) is 12.1 Å². The van der Waals surface area contributed by atoms with Gasteiger partial charge in [-0.3, -0.25) is 4.79 Å². The number of amides is 1. The van der Waals surface area contributed by atoms with Crippen LogP contribution >= 0.6 is 0 Å². The molecule has 0 saturated heterocycles. The molecule has 1 amide bonds. The summed E-state index contributed by atoms with van der Waals surface area (Å²) in [6, 6.07) is 8.64. The molecule has 21 heavy (non-hydrogen) atoms. The summed E-state index contributed by atoms with van der Waals surface area (Å²) in [6.45, 7) is 0. The Morgan fingerprint density at radius 1 is 1.00 bits per heavy atom. The average molecular weight is 287 g/mol. The lowest BCUT2D eigenvalue weighted by atomic mass is 9.88. The molecule has 1 aliphatic carbocycles. The number of aryl methyl sites for hydroxylation is 1. The zero-order valence-electron chi connectivity index (χ0n) is 11.5. The monoisotopic (exact) mass is 287 g/mol. The van der Waals surface area contributed by atoms with Crippen LogP contribution in [0, 0.1) is 11.6 Å². The van der Waals surface area contributed by atoms with Gasteiger partial charge in [0.05, 0.1) is 0 Å². The van der Waals surface area contributed by atoms with E-state index in [1.165, 1.54) is 5.56 Å². The summed E-state index contributed by atoms with van der Waals surface area (Å²) < 4.78 is 26.3. The second kappa shape index (κ2) is 5.64. The Labute approximate surface area is 121 Å². The van der Waals surface area contributed by atoms with E-state index in [1.54, 1.807) is 6.07 Å². The van der Waals surface area contributed by atoms with Gasteiger partial charge in [-0.15, -0.1) is 0 Å². The van der Waals surface area contributed by atoms with Gasteiger partial charge in [-0.2, -0.15) is 0 Å². The third kappa shape index (κ3) is 2.94. The van der Waals surface area contributed by atoms with E-state index < -0.39 is 11.6 Å². The smallest absolute Gasteiger partial charge is 0.255 e. The number of anilines is 1.